The van der Waals surface area contributed by atoms with E-state index >= 15 is 0 Å². The van der Waals surface area contributed by atoms with Crippen LogP contribution in [0.3, 0.4) is 0 Å². The van der Waals surface area contributed by atoms with E-state index in [4.69, 9.17) is 4.74 Å². The minimum absolute atomic E-state index is 0.00951. The molecule has 1 amide bonds. The van der Waals surface area contributed by atoms with Crippen molar-refractivity contribution in [2.24, 2.45) is 0 Å². The second kappa shape index (κ2) is 9.11. The van der Waals surface area contributed by atoms with Crippen molar-refractivity contribution in [1.29, 1.82) is 0 Å². The number of anilines is 2. The second-order valence-corrected chi connectivity index (χ2v) is 7.66. The molecule has 0 aliphatic carbocycles. The second-order valence-electron chi connectivity index (χ2n) is 7.66. The van der Waals surface area contributed by atoms with Gasteiger partial charge in [-0.05, 0) is 49.2 Å². The van der Waals surface area contributed by atoms with Crippen LogP contribution in [-0.2, 0) is 0 Å². The molecule has 0 saturated carbocycles. The molecule has 1 aromatic heterocycles. The predicted molar refractivity (Wildman–Crippen MR) is 114 cm³/mol. The van der Waals surface area contributed by atoms with Gasteiger partial charge in [0.25, 0.3) is 5.91 Å². The smallest absolute Gasteiger partial charge is 0.274 e. The molecule has 2 aromatic rings. The number of hydrogen-bond acceptors (Lipinski definition) is 6. The number of piperazine rings is 1. The number of rotatable bonds is 4. The molecule has 2 fully saturated rings. The molecule has 3 heterocycles. The summed E-state index contributed by atoms with van der Waals surface area (Å²) in [5.74, 6) is 1.72. The van der Waals surface area contributed by atoms with Crippen molar-refractivity contribution < 1.29 is 9.53 Å². The summed E-state index contributed by atoms with van der Waals surface area (Å²) in [6, 6.07) is 11.9. The van der Waals surface area contributed by atoms with Crippen LogP contribution in [0.2, 0.25) is 0 Å². The largest absolute Gasteiger partial charge is 0.497 e. The minimum Gasteiger partial charge on any atom is -0.497 e. The van der Waals surface area contributed by atoms with Crippen LogP contribution in [0.15, 0.2) is 36.4 Å². The van der Waals surface area contributed by atoms with Crippen LogP contribution in [-0.4, -0.2) is 67.4 Å². The van der Waals surface area contributed by atoms with E-state index in [1.165, 1.54) is 18.5 Å². The van der Waals surface area contributed by atoms with Gasteiger partial charge in [0.2, 0.25) is 0 Å². The number of likely N-dealkylation sites (tertiary alicyclic amines) is 1. The first-order chi connectivity index (χ1) is 14.2. The zero-order valence-corrected chi connectivity index (χ0v) is 17.1. The fourth-order valence-corrected chi connectivity index (χ4v) is 4.03. The molecule has 7 nitrogen and oxygen atoms in total. The van der Waals surface area contributed by atoms with Crippen LogP contribution in [0.4, 0.5) is 11.5 Å². The standard InChI is InChI=1S/C22H29N5O2/c1-29-19-8-6-18(7-9-19)25-14-16-26(17-15-25)21-11-10-20(23-24-21)22(28)27-12-4-2-3-5-13-27/h6-11H,2-5,12-17H2,1H3. The molecule has 0 spiro atoms. The van der Waals surface area contributed by atoms with Crippen molar-refractivity contribution in [2.45, 2.75) is 25.7 Å². The zero-order valence-electron chi connectivity index (χ0n) is 17.1. The van der Waals surface area contributed by atoms with Crippen LogP contribution in [0.1, 0.15) is 36.2 Å². The Morgan fingerprint density at radius 2 is 1.45 bits per heavy atom. The predicted octanol–water partition coefficient (Wildman–Crippen LogP) is 2.83. The number of benzene rings is 1. The van der Waals surface area contributed by atoms with Crippen molar-refractivity contribution in [1.82, 2.24) is 15.1 Å². The maximum absolute atomic E-state index is 12.7. The molecule has 0 N–H and O–H groups in total. The summed E-state index contributed by atoms with van der Waals surface area (Å²) in [7, 11) is 1.68. The maximum atomic E-state index is 12.7. The minimum atomic E-state index is 0.00951. The number of amides is 1. The van der Waals surface area contributed by atoms with Gasteiger partial charge in [-0.15, -0.1) is 10.2 Å². The van der Waals surface area contributed by atoms with E-state index in [-0.39, 0.29) is 5.91 Å². The summed E-state index contributed by atoms with van der Waals surface area (Å²) in [6.45, 7) is 5.25. The number of aromatic nitrogens is 2. The summed E-state index contributed by atoms with van der Waals surface area (Å²) < 4.78 is 5.23. The van der Waals surface area contributed by atoms with Gasteiger partial charge >= 0.3 is 0 Å². The van der Waals surface area contributed by atoms with E-state index in [2.05, 4.69) is 32.1 Å². The lowest BCUT2D eigenvalue weighted by atomic mass is 10.2. The van der Waals surface area contributed by atoms with Crippen LogP contribution in [0, 0.1) is 0 Å². The summed E-state index contributed by atoms with van der Waals surface area (Å²) in [4.78, 5) is 19.2. The summed E-state index contributed by atoms with van der Waals surface area (Å²) in [6.07, 6.45) is 4.57. The molecule has 1 aromatic carbocycles. The number of nitrogens with zero attached hydrogens (tertiary/aromatic N) is 5. The van der Waals surface area contributed by atoms with Crippen molar-refractivity contribution in [3.63, 3.8) is 0 Å². The van der Waals surface area contributed by atoms with Gasteiger partial charge in [0, 0.05) is 45.0 Å². The molecule has 0 atom stereocenters. The molecule has 154 valence electrons. The molecule has 0 bridgehead atoms. The third-order valence-electron chi connectivity index (χ3n) is 5.80. The topological polar surface area (TPSA) is 61.8 Å². The van der Waals surface area contributed by atoms with E-state index in [0.717, 1.165) is 63.7 Å². The SMILES string of the molecule is COc1ccc(N2CCN(c3ccc(C(=O)N4CCCCCC4)nn3)CC2)cc1. The highest BCUT2D eigenvalue weighted by Crippen LogP contribution is 2.22. The van der Waals surface area contributed by atoms with Gasteiger partial charge in [0.05, 0.1) is 7.11 Å². The van der Waals surface area contributed by atoms with E-state index in [9.17, 15) is 4.79 Å². The number of methoxy groups -OCH3 is 1. The Labute approximate surface area is 172 Å². The van der Waals surface area contributed by atoms with Crippen LogP contribution in [0.5, 0.6) is 5.75 Å². The third kappa shape index (κ3) is 4.60. The van der Waals surface area contributed by atoms with Crippen molar-refractivity contribution in [3.8, 4) is 5.75 Å². The monoisotopic (exact) mass is 395 g/mol. The Bertz CT molecular complexity index is 793. The fourth-order valence-electron chi connectivity index (χ4n) is 4.03. The molecule has 2 aliphatic heterocycles. The van der Waals surface area contributed by atoms with Crippen molar-refractivity contribution in [2.75, 3.05) is 56.2 Å². The molecule has 29 heavy (non-hydrogen) atoms. The number of carbonyl (C=O) groups excluding carboxylic acids is 1. The molecule has 0 unspecified atom stereocenters. The lowest BCUT2D eigenvalue weighted by Gasteiger charge is -2.36. The average Bonchev–Trinajstić information content (AvgIpc) is 3.09. The number of carbonyl (C=O) groups is 1. The average molecular weight is 396 g/mol. The summed E-state index contributed by atoms with van der Waals surface area (Å²) in [5, 5.41) is 8.60. The highest BCUT2D eigenvalue weighted by molar-refractivity contribution is 5.92. The Morgan fingerprint density at radius 3 is 2.03 bits per heavy atom. The summed E-state index contributed by atoms with van der Waals surface area (Å²) >= 11 is 0. The molecule has 2 saturated heterocycles. The normalized spacial score (nSPS) is 17.8. The third-order valence-corrected chi connectivity index (χ3v) is 5.80. The van der Waals surface area contributed by atoms with E-state index in [1.807, 2.05) is 29.2 Å². The highest BCUT2D eigenvalue weighted by Gasteiger charge is 2.21. The van der Waals surface area contributed by atoms with Crippen molar-refractivity contribution in [3.05, 3.63) is 42.1 Å². The molecular formula is C22H29N5O2. The molecule has 4 rings (SSSR count). The number of hydrogen-bond donors (Lipinski definition) is 0. The van der Waals surface area contributed by atoms with Gasteiger partial charge in [-0.1, -0.05) is 12.8 Å². The van der Waals surface area contributed by atoms with E-state index in [0.29, 0.717) is 5.69 Å². The Kier molecular flexibility index (Phi) is 6.12. The molecule has 0 radical (unpaired) electrons. The van der Waals surface area contributed by atoms with E-state index in [1.54, 1.807) is 7.11 Å². The first kappa shape index (κ1) is 19.5. The van der Waals surface area contributed by atoms with Gasteiger partial charge in [0.1, 0.15) is 5.75 Å². The first-order valence-electron chi connectivity index (χ1n) is 10.5. The molecular weight excluding hydrogens is 366 g/mol. The van der Waals surface area contributed by atoms with Crippen molar-refractivity contribution >= 4 is 17.4 Å². The lowest BCUT2D eigenvalue weighted by Crippen LogP contribution is -2.47. The quantitative estimate of drug-likeness (QED) is 0.793. The van der Waals surface area contributed by atoms with Gasteiger partial charge < -0.3 is 19.4 Å². The van der Waals surface area contributed by atoms with Gasteiger partial charge in [-0.3, -0.25) is 4.79 Å². The van der Waals surface area contributed by atoms with Gasteiger partial charge in [0.15, 0.2) is 11.5 Å². The molecule has 2 aliphatic rings. The zero-order chi connectivity index (χ0) is 20.1. The first-order valence-corrected chi connectivity index (χ1v) is 10.5. The van der Waals surface area contributed by atoms with E-state index < -0.39 is 0 Å². The maximum Gasteiger partial charge on any atom is 0.274 e. The van der Waals surface area contributed by atoms with Crippen LogP contribution < -0.4 is 14.5 Å². The fraction of sp³-hybridized carbons (Fsp3) is 0.500. The van der Waals surface area contributed by atoms with Gasteiger partial charge in [-0.25, -0.2) is 0 Å². The van der Waals surface area contributed by atoms with Gasteiger partial charge in [-0.2, -0.15) is 0 Å². The Balaban J connectivity index is 1.34. The van der Waals surface area contributed by atoms with Crippen LogP contribution >= 0.6 is 0 Å². The highest BCUT2D eigenvalue weighted by atomic mass is 16.5. The lowest BCUT2D eigenvalue weighted by molar-refractivity contribution is 0.0754. The Morgan fingerprint density at radius 1 is 0.793 bits per heavy atom. The summed E-state index contributed by atoms with van der Waals surface area (Å²) in [5.41, 5.74) is 1.66. The Hall–Kier alpha value is -2.83. The van der Waals surface area contributed by atoms with Crippen LogP contribution in [0.25, 0.3) is 0 Å². The number of ether oxygens (including phenoxy) is 1. The molecule has 7 heteroatoms.